The quantitative estimate of drug-likeness (QED) is 0.323. The van der Waals surface area contributed by atoms with Crippen LogP contribution < -0.4 is 0 Å². The molecule has 5 atom stereocenters. The lowest BCUT2D eigenvalue weighted by molar-refractivity contribution is -0.137. The third kappa shape index (κ3) is 7.75. The number of thiophene rings is 1. The summed E-state index contributed by atoms with van der Waals surface area (Å²) >= 11 is 1.43. The van der Waals surface area contributed by atoms with Gasteiger partial charge in [0.05, 0.1) is 18.3 Å². The molecule has 0 spiro atoms. The number of allylic oxidation sites excluding steroid dienone is 2. The summed E-state index contributed by atoms with van der Waals surface area (Å²) in [5, 5.41) is 48.3. The molecular weight excluding hydrogens is 390 g/mol. The molecule has 5 unspecified atom stereocenters. The Morgan fingerprint density at radius 1 is 1.31 bits per heavy atom. The van der Waals surface area contributed by atoms with E-state index in [4.69, 9.17) is 10.4 Å². The van der Waals surface area contributed by atoms with Crippen molar-refractivity contribution in [2.45, 2.75) is 63.3 Å². The average Bonchev–Trinajstić information content (AvgIpc) is 3.25. The second-order valence-corrected chi connectivity index (χ2v) is 8.64. The van der Waals surface area contributed by atoms with Crippen molar-refractivity contribution in [3.8, 4) is 6.07 Å². The van der Waals surface area contributed by atoms with E-state index in [9.17, 15) is 20.1 Å². The van der Waals surface area contributed by atoms with Gasteiger partial charge in [0.1, 0.15) is 10.9 Å². The van der Waals surface area contributed by atoms with Crippen molar-refractivity contribution in [2.75, 3.05) is 0 Å². The maximum absolute atomic E-state index is 10.5. The fourth-order valence-corrected chi connectivity index (χ4v) is 4.48. The van der Waals surface area contributed by atoms with Gasteiger partial charge in [0.25, 0.3) is 0 Å². The van der Waals surface area contributed by atoms with Gasteiger partial charge < -0.3 is 20.4 Å². The van der Waals surface area contributed by atoms with Crippen LogP contribution in [0.25, 0.3) is 0 Å². The van der Waals surface area contributed by atoms with Crippen molar-refractivity contribution >= 4 is 17.3 Å². The lowest BCUT2D eigenvalue weighted by atomic mass is 9.89. The summed E-state index contributed by atoms with van der Waals surface area (Å²) in [5.41, 5.74) is 0. The van der Waals surface area contributed by atoms with Crippen LogP contribution in [0.2, 0.25) is 0 Å². The zero-order valence-corrected chi connectivity index (χ0v) is 17.2. The zero-order valence-electron chi connectivity index (χ0n) is 16.4. The number of carboxylic acid groups (broad SMARTS) is 1. The van der Waals surface area contributed by atoms with E-state index >= 15 is 0 Å². The Kier molecular flexibility index (Phi) is 9.55. The summed E-state index contributed by atoms with van der Waals surface area (Å²) in [5.74, 6) is -1.16. The standard InChI is InChI=1S/C22H29NO5S/c23-14-17-11-10-16(29-17)9-7-15(24)8-12-19-18(20(25)13-21(19)26)5-3-1-2-4-6-22(27)28/h1,3,8,10-12,15,18-21,24-26H,2,4-7,9,13H2,(H,27,28)/b3-1+,12-8+. The Hall–Kier alpha value is -1.98. The molecule has 0 aromatic carbocycles. The summed E-state index contributed by atoms with van der Waals surface area (Å²) in [4.78, 5) is 12.2. The second kappa shape index (κ2) is 11.9. The SMILES string of the molecule is N#Cc1ccc(CCC(O)/C=C/C2C(O)CC(O)C2C/C=C/CCCC(=O)O)s1. The molecule has 0 bridgehead atoms. The van der Waals surface area contributed by atoms with Crippen molar-refractivity contribution in [1.29, 1.82) is 5.26 Å². The minimum atomic E-state index is -0.805. The summed E-state index contributed by atoms with van der Waals surface area (Å²) in [6.07, 6.45) is 8.98. The number of hydrogen-bond acceptors (Lipinski definition) is 6. The number of carboxylic acids is 1. The zero-order chi connectivity index (χ0) is 21.2. The lowest BCUT2D eigenvalue weighted by Gasteiger charge is -2.19. The van der Waals surface area contributed by atoms with E-state index in [1.165, 1.54) is 11.3 Å². The molecule has 7 heteroatoms. The van der Waals surface area contributed by atoms with Gasteiger partial charge in [0.15, 0.2) is 0 Å². The summed E-state index contributed by atoms with van der Waals surface area (Å²) in [7, 11) is 0. The molecule has 1 aliphatic carbocycles. The molecule has 2 rings (SSSR count). The fraction of sp³-hybridized carbons (Fsp3) is 0.545. The van der Waals surface area contributed by atoms with E-state index in [2.05, 4.69) is 6.07 Å². The van der Waals surface area contributed by atoms with Crippen molar-refractivity contribution in [3.05, 3.63) is 46.2 Å². The highest BCUT2D eigenvalue weighted by Crippen LogP contribution is 2.36. The van der Waals surface area contributed by atoms with Crippen LogP contribution in [0, 0.1) is 23.2 Å². The van der Waals surface area contributed by atoms with E-state index in [1.807, 2.05) is 24.3 Å². The normalized spacial score (nSPS) is 25.6. The Balaban J connectivity index is 1.82. The maximum atomic E-state index is 10.5. The van der Waals surface area contributed by atoms with E-state index < -0.39 is 24.3 Å². The van der Waals surface area contributed by atoms with Crippen LogP contribution in [0.1, 0.15) is 48.3 Å². The van der Waals surface area contributed by atoms with Gasteiger partial charge in [-0.2, -0.15) is 5.26 Å². The van der Waals surface area contributed by atoms with Crippen LogP contribution in [0.5, 0.6) is 0 Å². The lowest BCUT2D eigenvalue weighted by Crippen LogP contribution is -2.20. The molecular formula is C22H29NO5S. The van der Waals surface area contributed by atoms with Crippen LogP contribution in [0.3, 0.4) is 0 Å². The number of rotatable bonds is 11. The average molecular weight is 420 g/mol. The highest BCUT2D eigenvalue weighted by atomic mass is 32.1. The number of nitrogens with zero attached hydrogens (tertiary/aromatic N) is 1. The van der Waals surface area contributed by atoms with Gasteiger partial charge in [0.2, 0.25) is 0 Å². The fourth-order valence-electron chi connectivity index (χ4n) is 3.66. The van der Waals surface area contributed by atoms with E-state index in [0.29, 0.717) is 43.4 Å². The summed E-state index contributed by atoms with van der Waals surface area (Å²) in [6.45, 7) is 0. The van der Waals surface area contributed by atoms with E-state index in [1.54, 1.807) is 12.1 Å². The largest absolute Gasteiger partial charge is 0.481 e. The highest BCUT2D eigenvalue weighted by Gasteiger charge is 2.39. The molecule has 4 N–H and O–H groups in total. The number of unbranched alkanes of at least 4 members (excludes halogenated alkanes) is 1. The molecule has 1 aromatic heterocycles. The summed E-state index contributed by atoms with van der Waals surface area (Å²) < 4.78 is 0. The summed E-state index contributed by atoms with van der Waals surface area (Å²) in [6, 6.07) is 5.78. The van der Waals surface area contributed by atoms with E-state index in [0.717, 1.165) is 4.88 Å². The van der Waals surface area contributed by atoms with Gasteiger partial charge in [0, 0.05) is 23.6 Å². The number of aliphatic carboxylic acids is 1. The number of aliphatic hydroxyl groups is 3. The van der Waals surface area contributed by atoms with Crippen LogP contribution in [0.15, 0.2) is 36.4 Å². The van der Waals surface area contributed by atoms with E-state index in [-0.39, 0.29) is 18.3 Å². The van der Waals surface area contributed by atoms with Gasteiger partial charge in [-0.15, -0.1) is 11.3 Å². The monoisotopic (exact) mass is 419 g/mol. The Morgan fingerprint density at radius 3 is 2.79 bits per heavy atom. The van der Waals surface area contributed by atoms with Crippen LogP contribution in [-0.4, -0.2) is 44.7 Å². The molecule has 1 fully saturated rings. The molecule has 1 heterocycles. The maximum Gasteiger partial charge on any atom is 0.303 e. The predicted octanol–water partition coefficient (Wildman–Crippen LogP) is 3.03. The predicted molar refractivity (Wildman–Crippen MR) is 111 cm³/mol. The number of aliphatic hydroxyl groups excluding tert-OH is 3. The van der Waals surface area contributed by atoms with Gasteiger partial charge in [-0.1, -0.05) is 24.3 Å². The molecule has 6 nitrogen and oxygen atoms in total. The van der Waals surface area contributed by atoms with Crippen LogP contribution >= 0.6 is 11.3 Å². The molecule has 0 radical (unpaired) electrons. The van der Waals surface area contributed by atoms with Gasteiger partial charge >= 0.3 is 5.97 Å². The minimum Gasteiger partial charge on any atom is -0.481 e. The van der Waals surface area contributed by atoms with Crippen molar-refractivity contribution in [2.24, 2.45) is 11.8 Å². The molecule has 1 aliphatic rings. The molecule has 0 saturated heterocycles. The Labute approximate surface area is 175 Å². The highest BCUT2D eigenvalue weighted by molar-refractivity contribution is 7.12. The molecule has 158 valence electrons. The van der Waals surface area contributed by atoms with Crippen LogP contribution in [0.4, 0.5) is 0 Å². The molecule has 1 aromatic rings. The first-order valence-corrected chi connectivity index (χ1v) is 10.8. The third-order valence-electron chi connectivity index (χ3n) is 5.27. The molecule has 0 aliphatic heterocycles. The Morgan fingerprint density at radius 2 is 2.10 bits per heavy atom. The minimum absolute atomic E-state index is 0.125. The van der Waals surface area contributed by atoms with Crippen LogP contribution in [-0.2, 0) is 11.2 Å². The Bertz CT molecular complexity index is 751. The number of carbonyl (C=O) groups is 1. The first-order chi connectivity index (χ1) is 13.9. The van der Waals surface area contributed by atoms with Crippen molar-refractivity contribution in [1.82, 2.24) is 0 Å². The third-order valence-corrected chi connectivity index (χ3v) is 6.32. The first-order valence-electron chi connectivity index (χ1n) is 9.98. The second-order valence-electron chi connectivity index (χ2n) is 7.47. The smallest absolute Gasteiger partial charge is 0.303 e. The topological polar surface area (TPSA) is 122 Å². The number of hydrogen-bond donors (Lipinski definition) is 4. The van der Waals surface area contributed by atoms with Gasteiger partial charge in [-0.25, -0.2) is 0 Å². The van der Waals surface area contributed by atoms with Gasteiger partial charge in [-0.3, -0.25) is 4.79 Å². The first kappa shape index (κ1) is 23.3. The molecule has 0 amide bonds. The number of aryl methyl sites for hydroxylation is 1. The number of nitriles is 1. The van der Waals surface area contributed by atoms with Crippen molar-refractivity contribution in [3.63, 3.8) is 0 Å². The van der Waals surface area contributed by atoms with Gasteiger partial charge in [-0.05, 0) is 50.2 Å². The molecule has 29 heavy (non-hydrogen) atoms. The van der Waals surface area contributed by atoms with Crippen molar-refractivity contribution < 1.29 is 25.2 Å². The molecule has 1 saturated carbocycles.